The highest BCUT2D eigenvalue weighted by molar-refractivity contribution is 6.00. The lowest BCUT2D eigenvalue weighted by molar-refractivity contribution is -0.139. The van der Waals surface area contributed by atoms with Gasteiger partial charge in [0.05, 0.1) is 6.54 Å². The fourth-order valence-corrected chi connectivity index (χ4v) is 5.12. The molecule has 3 aromatic carbocycles. The average Bonchev–Trinajstić information content (AvgIpc) is 3.15. The van der Waals surface area contributed by atoms with Crippen LogP contribution in [0.4, 0.5) is 0 Å². The highest BCUT2D eigenvalue weighted by Crippen LogP contribution is 2.43. The second-order valence-corrected chi connectivity index (χ2v) is 9.35. The van der Waals surface area contributed by atoms with E-state index in [0.717, 1.165) is 17.5 Å². The molecule has 0 fully saturated rings. The molecule has 1 amide bonds. The van der Waals surface area contributed by atoms with Crippen LogP contribution in [0.15, 0.2) is 97.1 Å². The Morgan fingerprint density at radius 2 is 1.61 bits per heavy atom. The molecule has 3 aromatic rings. The molecule has 1 unspecified atom stereocenters. The number of amides is 1. The van der Waals surface area contributed by atoms with Crippen LogP contribution in [0.3, 0.4) is 0 Å². The maximum Gasteiger partial charge on any atom is 0.333 e. The van der Waals surface area contributed by atoms with Gasteiger partial charge >= 0.3 is 5.97 Å². The van der Waals surface area contributed by atoms with E-state index in [2.05, 4.69) is 62.1 Å². The number of nitrogens with zero attached hydrogens (tertiary/aromatic N) is 1. The summed E-state index contributed by atoms with van der Waals surface area (Å²) in [6.45, 7) is 9.98. The van der Waals surface area contributed by atoms with Gasteiger partial charge in [-0.2, -0.15) is 0 Å². The van der Waals surface area contributed by atoms with E-state index >= 15 is 0 Å². The van der Waals surface area contributed by atoms with Gasteiger partial charge in [0.15, 0.2) is 0 Å². The standard InChI is InChI=1S/C31H34N2O3/c1-5-28(23(4)24-14-8-6-9-15-24)32-31(25-16-10-7-11-17-25)27-19-13-12-18-26(27)29(34)33(31)20-21-36-30(35)22(2)3/h6-19,23,28,32H,2,5,20-21H2,1,3-4H3/t23-,28+,31?/m1/s1. The molecule has 186 valence electrons. The van der Waals surface area contributed by atoms with Gasteiger partial charge < -0.3 is 9.64 Å². The third kappa shape index (κ3) is 4.71. The van der Waals surface area contributed by atoms with Crippen LogP contribution >= 0.6 is 0 Å². The zero-order chi connectivity index (χ0) is 25.7. The highest BCUT2D eigenvalue weighted by atomic mass is 16.5. The van der Waals surface area contributed by atoms with Crippen molar-refractivity contribution in [1.82, 2.24) is 10.2 Å². The molecule has 5 heteroatoms. The summed E-state index contributed by atoms with van der Waals surface area (Å²) >= 11 is 0. The van der Waals surface area contributed by atoms with Gasteiger partial charge in [-0.25, -0.2) is 4.79 Å². The minimum Gasteiger partial charge on any atom is -0.460 e. The lowest BCUT2D eigenvalue weighted by Crippen LogP contribution is -2.59. The number of esters is 1. The van der Waals surface area contributed by atoms with E-state index in [9.17, 15) is 9.59 Å². The molecule has 0 saturated carbocycles. The first-order chi connectivity index (χ1) is 17.4. The number of fused-ring (bicyclic) bond motifs is 1. The van der Waals surface area contributed by atoms with Crippen molar-refractivity contribution in [1.29, 1.82) is 0 Å². The third-order valence-electron chi connectivity index (χ3n) is 7.05. The third-order valence-corrected chi connectivity index (χ3v) is 7.05. The van der Waals surface area contributed by atoms with Crippen LogP contribution in [0.2, 0.25) is 0 Å². The van der Waals surface area contributed by atoms with Crippen LogP contribution < -0.4 is 5.32 Å². The van der Waals surface area contributed by atoms with E-state index in [4.69, 9.17) is 4.74 Å². The molecule has 1 aliphatic heterocycles. The van der Waals surface area contributed by atoms with E-state index in [1.165, 1.54) is 5.56 Å². The van der Waals surface area contributed by atoms with Gasteiger partial charge in [0, 0.05) is 22.7 Å². The molecule has 3 atom stereocenters. The summed E-state index contributed by atoms with van der Waals surface area (Å²) in [4.78, 5) is 27.7. The van der Waals surface area contributed by atoms with Crippen LogP contribution in [-0.2, 0) is 15.2 Å². The zero-order valence-electron chi connectivity index (χ0n) is 21.2. The van der Waals surface area contributed by atoms with Crippen molar-refractivity contribution in [3.8, 4) is 0 Å². The number of rotatable bonds is 10. The molecule has 0 spiro atoms. The summed E-state index contributed by atoms with van der Waals surface area (Å²) in [5.41, 5.74) is 3.19. The summed E-state index contributed by atoms with van der Waals surface area (Å²) in [5.74, 6) is -0.347. The van der Waals surface area contributed by atoms with Gasteiger partial charge in [0.1, 0.15) is 12.3 Å². The van der Waals surface area contributed by atoms with Gasteiger partial charge in [-0.05, 0) is 36.5 Å². The molecule has 0 saturated heterocycles. The normalized spacial score (nSPS) is 18.4. The minimum absolute atomic E-state index is 0.0621. The molecular weight excluding hydrogens is 448 g/mol. The Morgan fingerprint density at radius 1 is 1.00 bits per heavy atom. The van der Waals surface area contributed by atoms with Crippen LogP contribution in [0.25, 0.3) is 0 Å². The number of benzene rings is 3. The van der Waals surface area contributed by atoms with E-state index in [-0.39, 0.29) is 31.0 Å². The van der Waals surface area contributed by atoms with Crippen LogP contribution in [-0.4, -0.2) is 36.0 Å². The first kappa shape index (κ1) is 25.4. The Hall–Kier alpha value is -3.70. The van der Waals surface area contributed by atoms with Crippen molar-refractivity contribution in [2.75, 3.05) is 13.2 Å². The zero-order valence-corrected chi connectivity index (χ0v) is 21.2. The molecule has 0 bridgehead atoms. The van der Waals surface area contributed by atoms with E-state index in [0.29, 0.717) is 11.1 Å². The fraction of sp³-hybridized carbons (Fsp3) is 0.290. The number of ether oxygens (including phenoxy) is 1. The maximum absolute atomic E-state index is 13.8. The molecule has 36 heavy (non-hydrogen) atoms. The topological polar surface area (TPSA) is 58.6 Å². The number of nitrogens with one attached hydrogen (secondary N) is 1. The second-order valence-electron chi connectivity index (χ2n) is 9.35. The first-order valence-corrected chi connectivity index (χ1v) is 12.5. The van der Waals surface area contributed by atoms with Crippen molar-refractivity contribution < 1.29 is 14.3 Å². The summed E-state index contributed by atoms with van der Waals surface area (Å²) in [7, 11) is 0. The number of carbonyl (C=O) groups is 2. The summed E-state index contributed by atoms with van der Waals surface area (Å²) in [5, 5.41) is 3.94. The minimum atomic E-state index is -0.908. The Balaban J connectivity index is 1.80. The van der Waals surface area contributed by atoms with Crippen molar-refractivity contribution in [3.05, 3.63) is 119 Å². The molecule has 0 aromatic heterocycles. The van der Waals surface area contributed by atoms with E-state index in [1.54, 1.807) is 6.92 Å². The molecule has 4 rings (SSSR count). The second kappa shape index (κ2) is 10.9. The van der Waals surface area contributed by atoms with Gasteiger partial charge in [-0.1, -0.05) is 99.3 Å². The quantitative estimate of drug-likeness (QED) is 0.300. The number of carbonyl (C=O) groups excluding carboxylic acids is 2. The van der Waals surface area contributed by atoms with Crippen LogP contribution in [0.1, 0.15) is 60.2 Å². The Labute approximate surface area is 213 Å². The van der Waals surface area contributed by atoms with Crippen molar-refractivity contribution in [3.63, 3.8) is 0 Å². The largest absolute Gasteiger partial charge is 0.460 e. The Bertz CT molecular complexity index is 1220. The van der Waals surface area contributed by atoms with Crippen molar-refractivity contribution in [2.45, 2.75) is 44.8 Å². The SMILES string of the molecule is C=C(C)C(=O)OCCN1C(=O)c2ccccc2C1(N[C@@H](CC)[C@H](C)c1ccccc1)c1ccccc1. The number of hydrogen-bond donors (Lipinski definition) is 1. The predicted octanol–water partition coefficient (Wildman–Crippen LogP) is 5.63. The Morgan fingerprint density at radius 3 is 2.25 bits per heavy atom. The van der Waals surface area contributed by atoms with Crippen LogP contribution in [0, 0.1) is 0 Å². The average molecular weight is 483 g/mol. The molecule has 0 radical (unpaired) electrons. The van der Waals surface area contributed by atoms with E-state index in [1.807, 2.05) is 53.4 Å². The molecule has 1 heterocycles. The van der Waals surface area contributed by atoms with Gasteiger partial charge in [-0.15, -0.1) is 0 Å². The molecule has 0 aliphatic carbocycles. The maximum atomic E-state index is 13.8. The first-order valence-electron chi connectivity index (χ1n) is 12.5. The summed E-state index contributed by atoms with van der Waals surface area (Å²) in [6.07, 6.45) is 0.861. The van der Waals surface area contributed by atoms with Crippen molar-refractivity contribution in [2.24, 2.45) is 0 Å². The molecule has 1 aliphatic rings. The molecule has 1 N–H and O–H groups in total. The van der Waals surface area contributed by atoms with Gasteiger partial charge in [-0.3, -0.25) is 10.1 Å². The fourth-order valence-electron chi connectivity index (χ4n) is 5.12. The number of hydrogen-bond acceptors (Lipinski definition) is 4. The highest BCUT2D eigenvalue weighted by Gasteiger charge is 2.51. The van der Waals surface area contributed by atoms with E-state index < -0.39 is 11.6 Å². The lowest BCUT2D eigenvalue weighted by atomic mass is 9.85. The summed E-state index contributed by atoms with van der Waals surface area (Å²) < 4.78 is 5.43. The molecule has 5 nitrogen and oxygen atoms in total. The smallest absolute Gasteiger partial charge is 0.333 e. The van der Waals surface area contributed by atoms with Crippen molar-refractivity contribution >= 4 is 11.9 Å². The summed E-state index contributed by atoms with van der Waals surface area (Å²) in [6, 6.07) is 28.3. The lowest BCUT2D eigenvalue weighted by Gasteiger charge is -2.44. The van der Waals surface area contributed by atoms with Crippen LogP contribution in [0.5, 0.6) is 0 Å². The molecular formula is C31H34N2O3. The van der Waals surface area contributed by atoms with Gasteiger partial charge in [0.25, 0.3) is 5.91 Å². The Kier molecular flexibility index (Phi) is 7.70. The predicted molar refractivity (Wildman–Crippen MR) is 143 cm³/mol. The monoisotopic (exact) mass is 482 g/mol. The van der Waals surface area contributed by atoms with Gasteiger partial charge in [0.2, 0.25) is 0 Å².